The third-order valence-corrected chi connectivity index (χ3v) is 4.16. The summed E-state index contributed by atoms with van der Waals surface area (Å²) in [6.07, 6.45) is 0.145. The Kier molecular flexibility index (Phi) is 5.04. The molecule has 0 unspecified atom stereocenters. The summed E-state index contributed by atoms with van der Waals surface area (Å²) in [4.78, 5) is 16.8. The van der Waals surface area contributed by atoms with Crippen molar-refractivity contribution in [1.82, 2.24) is 4.90 Å². The van der Waals surface area contributed by atoms with E-state index in [-0.39, 0.29) is 12.0 Å². The molecule has 1 aliphatic heterocycles. The average molecular weight is 324 g/mol. The van der Waals surface area contributed by atoms with E-state index in [2.05, 4.69) is 11.0 Å². The summed E-state index contributed by atoms with van der Waals surface area (Å²) in [5.41, 5.74) is 1.87. The van der Waals surface area contributed by atoms with Crippen LogP contribution in [-0.2, 0) is 0 Å². The molecule has 126 valence electrons. The number of hydrogen-bond donors (Lipinski definition) is 0. The van der Waals surface area contributed by atoms with E-state index in [9.17, 15) is 4.79 Å². The molecule has 0 atom stereocenters. The van der Waals surface area contributed by atoms with Crippen molar-refractivity contribution in [2.75, 3.05) is 31.1 Å². The number of nitrogens with zero attached hydrogens (tertiary/aromatic N) is 2. The van der Waals surface area contributed by atoms with Gasteiger partial charge in [0.15, 0.2) is 0 Å². The maximum absolute atomic E-state index is 12.5. The van der Waals surface area contributed by atoms with Crippen molar-refractivity contribution in [3.8, 4) is 5.75 Å². The summed E-state index contributed by atoms with van der Waals surface area (Å²) in [6.45, 7) is 7.15. The number of carbonyl (C=O) groups is 1. The molecule has 0 saturated carbocycles. The second-order valence-electron chi connectivity index (χ2n) is 6.28. The number of rotatable bonds is 4. The lowest BCUT2D eigenvalue weighted by Gasteiger charge is -2.37. The molecule has 2 aromatic rings. The van der Waals surface area contributed by atoms with E-state index in [0.717, 1.165) is 43.2 Å². The number of ether oxygens (including phenoxy) is 1. The number of piperazine rings is 1. The maximum Gasteiger partial charge on any atom is 0.253 e. The molecule has 4 heteroatoms. The van der Waals surface area contributed by atoms with Crippen LogP contribution in [0.4, 0.5) is 5.69 Å². The van der Waals surface area contributed by atoms with Crippen LogP contribution in [0, 0.1) is 0 Å². The summed E-state index contributed by atoms with van der Waals surface area (Å²) >= 11 is 0. The molecule has 2 aromatic carbocycles. The Morgan fingerprint density at radius 1 is 0.917 bits per heavy atom. The van der Waals surface area contributed by atoms with Crippen LogP contribution in [0.25, 0.3) is 0 Å². The van der Waals surface area contributed by atoms with E-state index in [1.54, 1.807) is 0 Å². The maximum atomic E-state index is 12.5. The van der Waals surface area contributed by atoms with Gasteiger partial charge < -0.3 is 14.5 Å². The van der Waals surface area contributed by atoms with Gasteiger partial charge in [0.1, 0.15) is 5.75 Å². The summed E-state index contributed by atoms with van der Waals surface area (Å²) in [5, 5.41) is 0. The van der Waals surface area contributed by atoms with Gasteiger partial charge in [0, 0.05) is 31.7 Å². The second kappa shape index (κ2) is 7.39. The molecule has 3 rings (SSSR count). The van der Waals surface area contributed by atoms with Crippen molar-refractivity contribution in [2.45, 2.75) is 20.0 Å². The third-order valence-electron chi connectivity index (χ3n) is 4.16. The zero-order valence-electron chi connectivity index (χ0n) is 14.3. The summed E-state index contributed by atoms with van der Waals surface area (Å²) in [5.74, 6) is 1.03. The van der Waals surface area contributed by atoms with Crippen LogP contribution in [0.1, 0.15) is 24.2 Å². The molecule has 4 nitrogen and oxygen atoms in total. The van der Waals surface area contributed by atoms with Gasteiger partial charge in [0.25, 0.3) is 5.91 Å². The highest BCUT2D eigenvalue weighted by Crippen LogP contribution is 2.29. The van der Waals surface area contributed by atoms with Gasteiger partial charge in [-0.2, -0.15) is 0 Å². The monoisotopic (exact) mass is 324 g/mol. The van der Waals surface area contributed by atoms with Gasteiger partial charge in [-0.05, 0) is 38.1 Å². The first-order valence-corrected chi connectivity index (χ1v) is 8.50. The molecule has 1 heterocycles. The lowest BCUT2D eigenvalue weighted by molar-refractivity contribution is 0.0746. The van der Waals surface area contributed by atoms with Crippen LogP contribution in [0.3, 0.4) is 0 Å². The zero-order chi connectivity index (χ0) is 16.9. The molecule has 0 aliphatic carbocycles. The van der Waals surface area contributed by atoms with Crippen LogP contribution in [0.2, 0.25) is 0 Å². The van der Waals surface area contributed by atoms with Gasteiger partial charge in [-0.25, -0.2) is 0 Å². The molecule has 0 N–H and O–H groups in total. The van der Waals surface area contributed by atoms with Crippen molar-refractivity contribution in [3.05, 3.63) is 60.2 Å². The Hall–Kier alpha value is -2.49. The average Bonchev–Trinajstić information content (AvgIpc) is 2.62. The van der Waals surface area contributed by atoms with Crippen molar-refractivity contribution in [1.29, 1.82) is 0 Å². The third kappa shape index (κ3) is 3.70. The standard InChI is InChI=1S/C20H24N2O2/c1-16(2)24-19-11-7-6-10-18(19)21-12-14-22(15-13-21)20(23)17-8-4-3-5-9-17/h3-11,16H,12-15H2,1-2H3. The van der Waals surface area contributed by atoms with Crippen LogP contribution in [-0.4, -0.2) is 43.1 Å². The molecule has 0 spiro atoms. The van der Waals surface area contributed by atoms with Crippen LogP contribution in [0.15, 0.2) is 54.6 Å². The molecule has 1 amide bonds. The fourth-order valence-electron chi connectivity index (χ4n) is 2.99. The molecule has 0 aromatic heterocycles. The zero-order valence-corrected chi connectivity index (χ0v) is 14.3. The molecule has 0 radical (unpaired) electrons. The number of benzene rings is 2. The number of para-hydroxylation sites is 2. The Morgan fingerprint density at radius 3 is 2.21 bits per heavy atom. The van der Waals surface area contributed by atoms with Gasteiger partial charge in [0.05, 0.1) is 11.8 Å². The van der Waals surface area contributed by atoms with Gasteiger partial charge >= 0.3 is 0 Å². The van der Waals surface area contributed by atoms with E-state index in [1.807, 2.05) is 67.3 Å². The van der Waals surface area contributed by atoms with Crippen molar-refractivity contribution < 1.29 is 9.53 Å². The molecule has 1 saturated heterocycles. The highest BCUT2D eigenvalue weighted by Gasteiger charge is 2.23. The number of anilines is 1. The molecule has 24 heavy (non-hydrogen) atoms. The van der Waals surface area contributed by atoms with Gasteiger partial charge in [-0.1, -0.05) is 30.3 Å². The number of amides is 1. The molecular weight excluding hydrogens is 300 g/mol. The lowest BCUT2D eigenvalue weighted by atomic mass is 10.1. The van der Waals surface area contributed by atoms with Crippen LogP contribution in [0.5, 0.6) is 5.75 Å². The number of hydrogen-bond acceptors (Lipinski definition) is 3. The fourth-order valence-corrected chi connectivity index (χ4v) is 2.99. The van der Waals surface area contributed by atoms with Crippen LogP contribution < -0.4 is 9.64 Å². The van der Waals surface area contributed by atoms with E-state index in [4.69, 9.17) is 4.74 Å². The fraction of sp³-hybridized carbons (Fsp3) is 0.350. The Bertz CT molecular complexity index is 677. The van der Waals surface area contributed by atoms with E-state index >= 15 is 0 Å². The predicted octanol–water partition coefficient (Wildman–Crippen LogP) is 3.44. The van der Waals surface area contributed by atoms with E-state index in [0.29, 0.717) is 0 Å². The molecule has 1 fully saturated rings. The Morgan fingerprint density at radius 2 is 1.54 bits per heavy atom. The summed E-state index contributed by atoms with van der Waals surface area (Å²) in [7, 11) is 0. The lowest BCUT2D eigenvalue weighted by Crippen LogP contribution is -2.48. The van der Waals surface area contributed by atoms with Gasteiger partial charge in [-0.3, -0.25) is 4.79 Å². The minimum atomic E-state index is 0.113. The first-order valence-electron chi connectivity index (χ1n) is 8.50. The highest BCUT2D eigenvalue weighted by atomic mass is 16.5. The quantitative estimate of drug-likeness (QED) is 0.864. The first-order chi connectivity index (χ1) is 11.6. The van der Waals surface area contributed by atoms with Crippen molar-refractivity contribution in [2.24, 2.45) is 0 Å². The Balaban J connectivity index is 1.66. The normalized spacial score (nSPS) is 14.8. The summed E-state index contributed by atoms with van der Waals surface area (Å²) < 4.78 is 5.92. The molecule has 0 bridgehead atoms. The largest absolute Gasteiger partial charge is 0.489 e. The topological polar surface area (TPSA) is 32.8 Å². The van der Waals surface area contributed by atoms with E-state index < -0.39 is 0 Å². The Labute approximate surface area is 143 Å². The second-order valence-corrected chi connectivity index (χ2v) is 6.28. The highest BCUT2D eigenvalue weighted by molar-refractivity contribution is 5.94. The van der Waals surface area contributed by atoms with Gasteiger partial charge in [-0.15, -0.1) is 0 Å². The minimum absolute atomic E-state index is 0.113. The van der Waals surface area contributed by atoms with Gasteiger partial charge in [0.2, 0.25) is 0 Å². The van der Waals surface area contributed by atoms with E-state index in [1.165, 1.54) is 0 Å². The smallest absolute Gasteiger partial charge is 0.253 e. The molecular formula is C20H24N2O2. The number of carbonyl (C=O) groups excluding carboxylic acids is 1. The SMILES string of the molecule is CC(C)Oc1ccccc1N1CCN(C(=O)c2ccccc2)CC1. The minimum Gasteiger partial charge on any atom is -0.489 e. The summed E-state index contributed by atoms with van der Waals surface area (Å²) in [6, 6.07) is 17.6. The molecule has 1 aliphatic rings. The predicted molar refractivity (Wildman–Crippen MR) is 96.8 cm³/mol. The van der Waals surface area contributed by atoms with Crippen molar-refractivity contribution >= 4 is 11.6 Å². The first kappa shape index (κ1) is 16.4. The van der Waals surface area contributed by atoms with Crippen molar-refractivity contribution in [3.63, 3.8) is 0 Å². The van der Waals surface area contributed by atoms with Crippen LogP contribution >= 0.6 is 0 Å².